The van der Waals surface area contributed by atoms with Crippen LogP contribution in [-0.2, 0) is 0 Å². The molecule has 0 bridgehead atoms. The molecule has 0 amide bonds. The fraction of sp³-hybridized carbons (Fsp3) is 0.150. The van der Waals surface area contributed by atoms with Gasteiger partial charge in [-0.25, -0.2) is 9.97 Å². The Balaban J connectivity index is 1.40. The molecule has 0 aliphatic heterocycles. The Morgan fingerprint density at radius 3 is 2.05 bits per heavy atom. The molecule has 0 aliphatic carbocycles. The largest absolute Gasteiger partial charge is 0.507 e. The fourth-order valence-corrected chi connectivity index (χ4v) is 6.31. The van der Waals surface area contributed by atoms with Gasteiger partial charge in [0.2, 0.25) is 0 Å². The lowest BCUT2D eigenvalue weighted by molar-refractivity contribution is 0.483. The lowest BCUT2D eigenvalue weighted by Crippen LogP contribution is -2.07. The molecule has 2 aromatic heterocycles. The van der Waals surface area contributed by atoms with E-state index in [4.69, 9.17) is 9.97 Å². The molecule has 216 valence electrons. The molecule has 0 saturated carbocycles. The van der Waals surface area contributed by atoms with Crippen molar-refractivity contribution in [2.24, 2.45) is 0 Å². The van der Waals surface area contributed by atoms with Gasteiger partial charge in [-0.1, -0.05) is 119 Å². The maximum atomic E-state index is 11.3. The van der Waals surface area contributed by atoms with E-state index >= 15 is 0 Å². The third kappa shape index (κ3) is 4.73. The molecule has 0 spiro atoms. The van der Waals surface area contributed by atoms with E-state index in [2.05, 4.69) is 99.1 Å². The number of phenols is 1. The van der Waals surface area contributed by atoms with Crippen LogP contribution in [0, 0.1) is 0 Å². The minimum absolute atomic E-state index is 0.248. The molecule has 0 fully saturated rings. The number of aromatic nitrogens is 3. The molecule has 4 heteroatoms. The molecule has 2 heterocycles. The molecule has 7 aromatic rings. The van der Waals surface area contributed by atoms with Crippen LogP contribution in [0.15, 0.2) is 122 Å². The maximum absolute atomic E-state index is 11.3. The summed E-state index contributed by atoms with van der Waals surface area (Å²) in [6.07, 6.45) is 3.96. The van der Waals surface area contributed by atoms with Crippen molar-refractivity contribution in [1.29, 1.82) is 0 Å². The number of rotatable bonds is 6. The number of para-hydroxylation sites is 1. The summed E-state index contributed by atoms with van der Waals surface area (Å²) in [6, 6.07) is 37.4. The van der Waals surface area contributed by atoms with E-state index in [0.29, 0.717) is 17.4 Å². The monoisotopic (exact) mass is 573 g/mol. The summed E-state index contributed by atoms with van der Waals surface area (Å²) < 4.78 is 2.25. The van der Waals surface area contributed by atoms with Crippen LogP contribution < -0.4 is 0 Å². The highest BCUT2D eigenvalue weighted by Gasteiger charge is 2.20. The van der Waals surface area contributed by atoms with Gasteiger partial charge in [0, 0.05) is 39.9 Å². The van der Waals surface area contributed by atoms with Crippen LogP contribution in [0.5, 0.6) is 5.75 Å². The molecule has 0 aliphatic rings. The van der Waals surface area contributed by atoms with Gasteiger partial charge in [-0.3, -0.25) is 4.57 Å². The van der Waals surface area contributed by atoms with Gasteiger partial charge in [0.15, 0.2) is 0 Å². The molecule has 0 atom stereocenters. The van der Waals surface area contributed by atoms with Crippen molar-refractivity contribution in [2.75, 3.05) is 0 Å². The van der Waals surface area contributed by atoms with Gasteiger partial charge < -0.3 is 5.11 Å². The van der Waals surface area contributed by atoms with Crippen molar-refractivity contribution < 1.29 is 5.11 Å². The van der Waals surface area contributed by atoms with Crippen molar-refractivity contribution in [3.8, 4) is 45.3 Å². The van der Waals surface area contributed by atoms with E-state index < -0.39 is 0 Å². The van der Waals surface area contributed by atoms with Crippen LogP contribution >= 0.6 is 0 Å². The van der Waals surface area contributed by atoms with Gasteiger partial charge in [-0.2, -0.15) is 0 Å². The number of hydrogen-bond donors (Lipinski definition) is 1. The zero-order valence-electron chi connectivity index (χ0n) is 25.5. The second kappa shape index (κ2) is 11.1. The minimum Gasteiger partial charge on any atom is -0.507 e. The molecule has 7 rings (SSSR count). The van der Waals surface area contributed by atoms with Gasteiger partial charge in [0.25, 0.3) is 0 Å². The highest BCUT2D eigenvalue weighted by Crippen LogP contribution is 2.39. The van der Waals surface area contributed by atoms with Crippen LogP contribution in [0.4, 0.5) is 0 Å². The maximum Gasteiger partial charge on any atom is 0.144 e. The quantitative estimate of drug-likeness (QED) is 0.215. The third-order valence-corrected chi connectivity index (χ3v) is 8.54. The van der Waals surface area contributed by atoms with E-state index in [-0.39, 0.29) is 5.75 Å². The predicted molar refractivity (Wildman–Crippen MR) is 183 cm³/mol. The first-order valence-corrected chi connectivity index (χ1v) is 15.3. The van der Waals surface area contributed by atoms with Crippen LogP contribution in [0.2, 0.25) is 0 Å². The third-order valence-electron chi connectivity index (χ3n) is 8.54. The average molecular weight is 574 g/mol. The van der Waals surface area contributed by atoms with Crippen molar-refractivity contribution in [2.45, 2.75) is 39.5 Å². The molecule has 0 unspecified atom stereocenters. The number of hydrogen-bond acceptors (Lipinski definition) is 3. The van der Waals surface area contributed by atoms with E-state index in [1.54, 1.807) is 0 Å². The molecule has 4 nitrogen and oxygen atoms in total. The topological polar surface area (TPSA) is 50.9 Å². The van der Waals surface area contributed by atoms with Crippen molar-refractivity contribution in [3.05, 3.63) is 133 Å². The Kier molecular flexibility index (Phi) is 6.98. The summed E-state index contributed by atoms with van der Waals surface area (Å²) >= 11 is 0. The Bertz CT molecular complexity index is 2130. The number of phenolic OH excluding ortho intramolecular Hbond substituents is 1. The fourth-order valence-electron chi connectivity index (χ4n) is 6.31. The van der Waals surface area contributed by atoms with E-state index in [0.717, 1.165) is 49.9 Å². The summed E-state index contributed by atoms with van der Waals surface area (Å²) in [5.74, 6) is 1.89. The summed E-state index contributed by atoms with van der Waals surface area (Å²) in [7, 11) is 0. The smallest absolute Gasteiger partial charge is 0.144 e. The van der Waals surface area contributed by atoms with Gasteiger partial charge >= 0.3 is 0 Å². The molecular formula is C40H35N3O. The van der Waals surface area contributed by atoms with E-state index in [1.807, 2.05) is 54.7 Å². The SMILES string of the molecule is CC(C)c1cccc(C(C)C)c1-n1ccnc1-c1cccc(-c2nc(-c3ccc4ccccc4c3O)cc3ccccc23)c1. The molecule has 0 saturated heterocycles. The van der Waals surface area contributed by atoms with Crippen molar-refractivity contribution in [1.82, 2.24) is 14.5 Å². The first-order chi connectivity index (χ1) is 21.4. The van der Waals surface area contributed by atoms with Gasteiger partial charge in [-0.05, 0) is 51.9 Å². The van der Waals surface area contributed by atoms with E-state index in [1.165, 1.54) is 16.8 Å². The minimum atomic E-state index is 0.248. The van der Waals surface area contributed by atoms with Crippen molar-refractivity contribution >= 4 is 21.5 Å². The Morgan fingerprint density at radius 2 is 1.30 bits per heavy atom. The van der Waals surface area contributed by atoms with Crippen molar-refractivity contribution in [3.63, 3.8) is 0 Å². The molecule has 1 N–H and O–H groups in total. The summed E-state index contributed by atoms with van der Waals surface area (Å²) in [4.78, 5) is 10.1. The number of nitrogens with zero attached hydrogens (tertiary/aromatic N) is 3. The van der Waals surface area contributed by atoms with Crippen LogP contribution in [0.3, 0.4) is 0 Å². The first kappa shape index (κ1) is 27.6. The van der Waals surface area contributed by atoms with Crippen LogP contribution in [-0.4, -0.2) is 19.6 Å². The van der Waals surface area contributed by atoms with Crippen LogP contribution in [0.1, 0.15) is 50.7 Å². The predicted octanol–water partition coefficient (Wildman–Crippen LogP) is 10.5. The second-order valence-corrected chi connectivity index (χ2v) is 12.1. The molecular weight excluding hydrogens is 538 g/mol. The average Bonchev–Trinajstić information content (AvgIpc) is 3.54. The summed E-state index contributed by atoms with van der Waals surface area (Å²) in [6.45, 7) is 8.99. The number of fused-ring (bicyclic) bond motifs is 2. The van der Waals surface area contributed by atoms with Gasteiger partial charge in [0.05, 0.1) is 17.1 Å². The Hall–Kier alpha value is -5.22. The Morgan fingerprint density at radius 1 is 0.636 bits per heavy atom. The highest BCUT2D eigenvalue weighted by molar-refractivity contribution is 6.00. The molecule has 44 heavy (non-hydrogen) atoms. The number of benzene rings is 5. The lowest BCUT2D eigenvalue weighted by atomic mass is 9.92. The Labute approximate surface area is 258 Å². The number of imidazole rings is 1. The van der Waals surface area contributed by atoms with E-state index in [9.17, 15) is 5.11 Å². The molecule has 0 radical (unpaired) electrons. The van der Waals surface area contributed by atoms with Crippen LogP contribution in [0.25, 0.3) is 61.1 Å². The van der Waals surface area contributed by atoms with Gasteiger partial charge in [0.1, 0.15) is 11.6 Å². The highest BCUT2D eigenvalue weighted by atomic mass is 16.3. The number of pyridine rings is 1. The summed E-state index contributed by atoms with van der Waals surface area (Å²) in [5.41, 5.74) is 8.17. The summed E-state index contributed by atoms with van der Waals surface area (Å²) in [5, 5.41) is 15.3. The lowest BCUT2D eigenvalue weighted by Gasteiger charge is -2.22. The second-order valence-electron chi connectivity index (χ2n) is 12.1. The zero-order chi connectivity index (χ0) is 30.4. The number of aromatic hydroxyl groups is 1. The van der Waals surface area contributed by atoms with Gasteiger partial charge in [-0.15, -0.1) is 0 Å². The zero-order valence-corrected chi connectivity index (χ0v) is 25.5. The molecule has 5 aromatic carbocycles. The normalized spacial score (nSPS) is 11.7. The first-order valence-electron chi connectivity index (χ1n) is 15.3. The standard InChI is InChI=1S/C40H35N3O/c1-25(2)31-17-10-18-32(26(3)4)38(31)43-22-21-41-40(43)30-14-9-13-29(23-30)37-33-15-7-6-12-28(33)24-36(42-37)35-20-19-27-11-5-8-16-34(27)39(35)44/h5-26,44H,1-4H3.